The summed E-state index contributed by atoms with van der Waals surface area (Å²) >= 11 is 5.89. The maximum Gasteiger partial charge on any atom is 0.250 e. The molecule has 170 valence electrons. The van der Waals surface area contributed by atoms with Crippen molar-refractivity contribution in [2.45, 2.75) is 57.0 Å². The van der Waals surface area contributed by atoms with E-state index in [4.69, 9.17) is 16.0 Å². The molecule has 1 N–H and O–H groups in total. The highest BCUT2D eigenvalue weighted by Gasteiger charge is 2.39. The largest absolute Gasteiger partial charge is 0.542 e. The van der Waals surface area contributed by atoms with E-state index in [0.717, 1.165) is 5.82 Å². The van der Waals surface area contributed by atoms with Crippen LogP contribution in [0.2, 0.25) is 23.2 Å². The molecule has 0 spiro atoms. The summed E-state index contributed by atoms with van der Waals surface area (Å²) in [4.78, 5) is 10.7. The number of hydrogen-bond acceptors (Lipinski definition) is 6. The van der Waals surface area contributed by atoms with Gasteiger partial charge in [-0.3, -0.25) is 4.72 Å². The molecule has 2 aromatic heterocycles. The Morgan fingerprint density at radius 1 is 1.10 bits per heavy atom. The van der Waals surface area contributed by atoms with Gasteiger partial charge in [0.2, 0.25) is 10.0 Å². The fourth-order valence-electron chi connectivity index (χ4n) is 3.13. The zero-order valence-corrected chi connectivity index (χ0v) is 21.3. The third-order valence-corrected chi connectivity index (χ3v) is 12.5. The molecule has 0 radical (unpaired) electrons. The monoisotopic (exact) mass is 482 g/mol. The first-order valence-electron chi connectivity index (χ1n) is 10.4. The van der Waals surface area contributed by atoms with Crippen LogP contribution in [-0.4, -0.2) is 45.0 Å². The Morgan fingerprint density at radius 2 is 1.77 bits per heavy atom. The third-order valence-electron chi connectivity index (χ3n) is 6.08. The predicted octanol–water partition coefficient (Wildman–Crippen LogP) is 4.92. The maximum atomic E-state index is 12.9. The van der Waals surface area contributed by atoms with Gasteiger partial charge < -0.3 is 9.33 Å². The van der Waals surface area contributed by atoms with Gasteiger partial charge in [0.05, 0.1) is 16.5 Å². The normalized spacial score (nSPS) is 16.3. The van der Waals surface area contributed by atoms with Crippen molar-refractivity contribution in [3.8, 4) is 5.75 Å². The topological polar surface area (TPSA) is 84.4 Å². The second-order valence-corrected chi connectivity index (χ2v) is 16.5. The van der Waals surface area contributed by atoms with Crippen LogP contribution < -0.4 is 14.0 Å². The highest BCUT2D eigenvalue weighted by atomic mass is 35.5. The van der Waals surface area contributed by atoms with E-state index < -0.39 is 23.6 Å². The van der Waals surface area contributed by atoms with Gasteiger partial charge in [0.1, 0.15) is 17.4 Å². The molecule has 0 aliphatic carbocycles. The molecule has 3 heterocycles. The van der Waals surface area contributed by atoms with Gasteiger partial charge in [0, 0.05) is 19.3 Å². The molecule has 0 aromatic carbocycles. The van der Waals surface area contributed by atoms with E-state index in [0.29, 0.717) is 42.5 Å². The zero-order valence-electron chi connectivity index (χ0n) is 18.7. The first kappa shape index (κ1) is 23.8. The quantitative estimate of drug-likeness (QED) is 0.588. The SMILES string of the molecule is CC(C)(C)[Si](C)(C)Oc1ccc(NS(=O)(=O)C2CCN(c3ccc(Cl)cn3)CC2)nc1. The first-order chi connectivity index (χ1) is 14.4. The van der Waals surface area contributed by atoms with Crippen LogP contribution in [0.4, 0.5) is 11.6 Å². The summed E-state index contributed by atoms with van der Waals surface area (Å²) in [5, 5.41) is 0.184. The molecule has 0 atom stereocenters. The van der Waals surface area contributed by atoms with Crippen LogP contribution in [0.1, 0.15) is 33.6 Å². The van der Waals surface area contributed by atoms with Crippen molar-refractivity contribution in [3.05, 3.63) is 41.7 Å². The van der Waals surface area contributed by atoms with Crippen LogP contribution in [-0.2, 0) is 10.0 Å². The van der Waals surface area contributed by atoms with Gasteiger partial charge in [0.25, 0.3) is 8.32 Å². The van der Waals surface area contributed by atoms with Gasteiger partial charge in [-0.15, -0.1) is 0 Å². The minimum absolute atomic E-state index is 0.0731. The molecule has 0 saturated carbocycles. The van der Waals surface area contributed by atoms with Crippen LogP contribution >= 0.6 is 11.6 Å². The smallest absolute Gasteiger partial charge is 0.250 e. The zero-order chi connectivity index (χ0) is 22.9. The maximum absolute atomic E-state index is 12.9. The average molecular weight is 483 g/mol. The number of piperidine rings is 1. The highest BCUT2D eigenvalue weighted by Crippen LogP contribution is 2.37. The number of hydrogen-bond donors (Lipinski definition) is 1. The Hall–Kier alpha value is -1.84. The van der Waals surface area contributed by atoms with Gasteiger partial charge in [-0.1, -0.05) is 32.4 Å². The van der Waals surface area contributed by atoms with E-state index in [2.05, 4.69) is 53.5 Å². The van der Waals surface area contributed by atoms with Crippen molar-refractivity contribution >= 4 is 41.6 Å². The Labute approximate surface area is 191 Å². The lowest BCUT2D eigenvalue weighted by atomic mass is 10.1. The van der Waals surface area contributed by atoms with Crippen LogP contribution in [0.25, 0.3) is 0 Å². The van der Waals surface area contributed by atoms with Crippen LogP contribution in [0, 0.1) is 0 Å². The summed E-state index contributed by atoms with van der Waals surface area (Å²) in [6.45, 7) is 12.1. The van der Waals surface area contributed by atoms with E-state index in [-0.39, 0.29) is 5.04 Å². The standard InChI is InChI=1S/C21H31ClN4O3SSi/c1-21(2,3)31(4,5)29-17-7-8-19(23-15-17)25-30(27,28)18-10-12-26(13-11-18)20-9-6-16(22)14-24-20/h6-9,14-15,18H,10-13H2,1-5H3,(H,23,25). The summed E-state index contributed by atoms with van der Waals surface area (Å²) in [6.07, 6.45) is 4.23. The predicted molar refractivity (Wildman–Crippen MR) is 129 cm³/mol. The summed E-state index contributed by atoms with van der Waals surface area (Å²) in [5.74, 6) is 1.79. The fraction of sp³-hybridized carbons (Fsp3) is 0.524. The molecule has 1 fully saturated rings. The molecule has 2 aromatic rings. The first-order valence-corrected chi connectivity index (χ1v) is 15.2. The average Bonchev–Trinajstić information content (AvgIpc) is 2.69. The van der Waals surface area contributed by atoms with Gasteiger partial charge in [-0.2, -0.15) is 0 Å². The molecule has 31 heavy (non-hydrogen) atoms. The second-order valence-electron chi connectivity index (χ2n) is 9.41. The fourth-order valence-corrected chi connectivity index (χ4v) is 5.67. The number of halogens is 1. The van der Waals surface area contributed by atoms with Crippen molar-refractivity contribution in [2.75, 3.05) is 22.7 Å². The van der Waals surface area contributed by atoms with Gasteiger partial charge in [0.15, 0.2) is 0 Å². The van der Waals surface area contributed by atoms with Gasteiger partial charge in [-0.05, 0) is 55.2 Å². The van der Waals surface area contributed by atoms with Crippen molar-refractivity contribution in [3.63, 3.8) is 0 Å². The Bertz CT molecular complexity index is 985. The van der Waals surface area contributed by atoms with Crippen molar-refractivity contribution < 1.29 is 12.8 Å². The molecule has 0 amide bonds. The third kappa shape index (κ3) is 5.90. The Kier molecular flexibility index (Phi) is 6.88. The van der Waals surface area contributed by atoms with E-state index in [9.17, 15) is 8.42 Å². The van der Waals surface area contributed by atoms with Crippen LogP contribution in [0.5, 0.6) is 5.75 Å². The molecule has 10 heteroatoms. The second kappa shape index (κ2) is 8.95. The van der Waals surface area contributed by atoms with Crippen molar-refractivity contribution in [1.82, 2.24) is 9.97 Å². The lowest BCUT2D eigenvalue weighted by Gasteiger charge is -2.36. The number of anilines is 2. The molecule has 1 aliphatic heterocycles. The number of nitrogens with one attached hydrogen (secondary N) is 1. The molecule has 1 saturated heterocycles. The van der Waals surface area contributed by atoms with Crippen molar-refractivity contribution in [2.24, 2.45) is 0 Å². The number of rotatable bonds is 6. The lowest BCUT2D eigenvalue weighted by molar-refractivity contribution is 0.490. The number of aromatic nitrogens is 2. The Morgan fingerprint density at radius 3 is 2.29 bits per heavy atom. The van der Waals surface area contributed by atoms with E-state index in [1.54, 1.807) is 30.6 Å². The van der Waals surface area contributed by atoms with Crippen LogP contribution in [0.15, 0.2) is 36.7 Å². The minimum atomic E-state index is -3.53. The van der Waals surface area contributed by atoms with Gasteiger partial charge in [-0.25, -0.2) is 18.4 Å². The van der Waals surface area contributed by atoms with Gasteiger partial charge >= 0.3 is 0 Å². The summed E-state index contributed by atoms with van der Waals surface area (Å²) in [5.41, 5.74) is 0. The van der Waals surface area contributed by atoms with Crippen molar-refractivity contribution in [1.29, 1.82) is 0 Å². The number of pyridine rings is 2. The molecule has 1 aliphatic rings. The highest BCUT2D eigenvalue weighted by molar-refractivity contribution is 7.93. The number of nitrogens with zero attached hydrogens (tertiary/aromatic N) is 3. The molecular weight excluding hydrogens is 452 g/mol. The molecule has 0 bridgehead atoms. The van der Waals surface area contributed by atoms with E-state index in [1.165, 1.54) is 0 Å². The Balaban J connectivity index is 1.59. The molecule has 7 nitrogen and oxygen atoms in total. The minimum Gasteiger partial charge on any atom is -0.542 e. The molecular formula is C21H31ClN4O3SSi. The molecule has 3 rings (SSSR count). The summed E-state index contributed by atoms with van der Waals surface area (Å²) < 4.78 is 34.6. The summed E-state index contributed by atoms with van der Waals surface area (Å²) in [6, 6.07) is 7.08. The van der Waals surface area contributed by atoms with E-state index >= 15 is 0 Å². The molecule has 0 unspecified atom stereocenters. The lowest BCUT2D eigenvalue weighted by Crippen LogP contribution is -2.43. The summed E-state index contributed by atoms with van der Waals surface area (Å²) in [7, 11) is -5.50. The number of sulfonamides is 1. The van der Waals surface area contributed by atoms with E-state index in [1.807, 2.05) is 6.07 Å². The van der Waals surface area contributed by atoms with Crippen LogP contribution in [0.3, 0.4) is 0 Å².